The Morgan fingerprint density at radius 3 is 2.00 bits per heavy atom. The minimum absolute atomic E-state index is 0.181. The molecule has 140 valence electrons. The third-order valence-electron chi connectivity index (χ3n) is 7.26. The van der Waals surface area contributed by atoms with Gasteiger partial charge in [0.2, 0.25) is 0 Å². The van der Waals surface area contributed by atoms with Crippen molar-refractivity contribution < 1.29 is 20.4 Å². The smallest absolute Gasteiger partial charge is 0.165 e. The lowest BCUT2D eigenvalue weighted by atomic mass is 9.68. The van der Waals surface area contributed by atoms with Gasteiger partial charge in [-0.25, -0.2) is 0 Å². The second-order valence-corrected chi connectivity index (χ2v) is 8.77. The Morgan fingerprint density at radius 2 is 1.25 bits per heavy atom. The zero-order chi connectivity index (χ0) is 17.2. The Labute approximate surface area is 146 Å². The molecule has 4 aliphatic carbocycles. The first-order valence-electron chi connectivity index (χ1n) is 10.3. The molecule has 4 heteroatoms. The molecule has 0 aromatic carbocycles. The fourth-order valence-electron chi connectivity index (χ4n) is 5.86. The van der Waals surface area contributed by atoms with Gasteiger partial charge in [0.25, 0.3) is 0 Å². The number of hydrogen-bond acceptors (Lipinski definition) is 4. The summed E-state index contributed by atoms with van der Waals surface area (Å²) in [5, 5.41) is 38.6. The van der Waals surface area contributed by atoms with Crippen LogP contribution in [0, 0.1) is 23.7 Å². The SMILES string of the molecule is OC1(O)CCCC2CCCCC21.OC1CCC2CCCCC2C1O. The number of hydrogen-bond donors (Lipinski definition) is 4. The number of aliphatic hydroxyl groups is 4. The quantitative estimate of drug-likeness (QED) is 0.511. The fourth-order valence-corrected chi connectivity index (χ4v) is 5.86. The molecule has 4 N–H and O–H groups in total. The van der Waals surface area contributed by atoms with Crippen molar-refractivity contribution >= 4 is 0 Å². The molecule has 0 saturated heterocycles. The molecule has 24 heavy (non-hydrogen) atoms. The highest BCUT2D eigenvalue weighted by atomic mass is 16.5. The predicted molar refractivity (Wildman–Crippen MR) is 93.2 cm³/mol. The highest BCUT2D eigenvalue weighted by molar-refractivity contribution is 4.90. The van der Waals surface area contributed by atoms with Gasteiger partial charge in [0.1, 0.15) is 0 Å². The molecule has 0 aliphatic heterocycles. The Kier molecular flexibility index (Phi) is 6.23. The molecule has 0 heterocycles. The molecule has 0 aromatic rings. The summed E-state index contributed by atoms with van der Waals surface area (Å²) in [7, 11) is 0. The molecule has 0 bridgehead atoms. The van der Waals surface area contributed by atoms with E-state index in [-0.39, 0.29) is 5.92 Å². The molecule has 4 nitrogen and oxygen atoms in total. The van der Waals surface area contributed by atoms with Crippen LogP contribution in [0.25, 0.3) is 0 Å². The van der Waals surface area contributed by atoms with Crippen LogP contribution in [0.15, 0.2) is 0 Å². The zero-order valence-corrected chi connectivity index (χ0v) is 14.9. The van der Waals surface area contributed by atoms with E-state index in [2.05, 4.69) is 0 Å². The maximum Gasteiger partial charge on any atom is 0.165 e. The molecule has 0 spiro atoms. The second-order valence-electron chi connectivity index (χ2n) is 8.77. The van der Waals surface area contributed by atoms with E-state index in [0.29, 0.717) is 24.2 Å². The summed E-state index contributed by atoms with van der Waals surface area (Å²) in [6, 6.07) is 0. The van der Waals surface area contributed by atoms with Crippen LogP contribution in [-0.4, -0.2) is 38.4 Å². The van der Waals surface area contributed by atoms with E-state index in [1.165, 1.54) is 44.9 Å². The van der Waals surface area contributed by atoms with Gasteiger partial charge >= 0.3 is 0 Å². The maximum absolute atomic E-state index is 9.73. The Balaban J connectivity index is 0.000000141. The maximum atomic E-state index is 9.73. The highest BCUT2D eigenvalue weighted by Crippen LogP contribution is 2.44. The number of rotatable bonds is 0. The van der Waals surface area contributed by atoms with Gasteiger partial charge in [-0.15, -0.1) is 0 Å². The third-order valence-corrected chi connectivity index (χ3v) is 7.26. The molecule has 6 unspecified atom stereocenters. The minimum atomic E-state index is -1.33. The number of fused-ring (bicyclic) bond motifs is 2. The molecule has 0 radical (unpaired) electrons. The second kappa shape index (κ2) is 8.03. The molecule has 6 atom stereocenters. The van der Waals surface area contributed by atoms with Gasteiger partial charge in [0.05, 0.1) is 12.2 Å². The standard InChI is InChI=1S/2C10H18O2/c11-10(12)7-3-5-8-4-1-2-6-9(8)10;11-9-6-5-7-3-1-2-4-8(7)10(9)12/h8-9,11-12H,1-7H2;7-12H,1-6H2. The van der Waals surface area contributed by atoms with Crippen molar-refractivity contribution in [1.29, 1.82) is 0 Å². The minimum Gasteiger partial charge on any atom is -0.390 e. The fraction of sp³-hybridized carbons (Fsp3) is 1.00. The van der Waals surface area contributed by atoms with Crippen LogP contribution in [-0.2, 0) is 0 Å². The summed E-state index contributed by atoms with van der Waals surface area (Å²) in [5.74, 6) is 0.561. The van der Waals surface area contributed by atoms with Crippen molar-refractivity contribution in [1.82, 2.24) is 0 Å². The van der Waals surface area contributed by atoms with E-state index >= 15 is 0 Å². The third kappa shape index (κ3) is 4.14. The Bertz CT molecular complexity index is 393. The van der Waals surface area contributed by atoms with E-state index in [9.17, 15) is 20.4 Å². The van der Waals surface area contributed by atoms with Gasteiger partial charge in [0, 0.05) is 12.3 Å². The molecule has 4 aliphatic rings. The molecule has 0 aromatic heterocycles. The predicted octanol–water partition coefficient (Wildman–Crippen LogP) is 2.97. The molecular formula is C20H36O4. The first-order valence-corrected chi connectivity index (χ1v) is 10.3. The van der Waals surface area contributed by atoms with E-state index < -0.39 is 18.0 Å². The average molecular weight is 341 g/mol. The van der Waals surface area contributed by atoms with E-state index in [0.717, 1.165) is 32.1 Å². The van der Waals surface area contributed by atoms with Crippen LogP contribution in [0.4, 0.5) is 0 Å². The molecular weight excluding hydrogens is 304 g/mol. The van der Waals surface area contributed by atoms with Crippen molar-refractivity contribution in [3.63, 3.8) is 0 Å². The topological polar surface area (TPSA) is 80.9 Å². The summed E-state index contributed by atoms with van der Waals surface area (Å²) >= 11 is 0. The summed E-state index contributed by atoms with van der Waals surface area (Å²) in [6.07, 6.45) is 13.5. The largest absolute Gasteiger partial charge is 0.390 e. The first kappa shape index (κ1) is 18.6. The van der Waals surface area contributed by atoms with Crippen molar-refractivity contribution in [3.05, 3.63) is 0 Å². The lowest BCUT2D eigenvalue weighted by Crippen LogP contribution is -2.46. The highest BCUT2D eigenvalue weighted by Gasteiger charge is 2.43. The van der Waals surface area contributed by atoms with E-state index in [1.54, 1.807) is 0 Å². The van der Waals surface area contributed by atoms with Crippen molar-refractivity contribution in [2.75, 3.05) is 0 Å². The van der Waals surface area contributed by atoms with Gasteiger partial charge in [-0.05, 0) is 62.7 Å². The van der Waals surface area contributed by atoms with Crippen LogP contribution < -0.4 is 0 Å². The number of aliphatic hydroxyl groups excluding tert-OH is 2. The first-order chi connectivity index (χ1) is 11.5. The van der Waals surface area contributed by atoms with Gasteiger partial charge in [-0.1, -0.05) is 32.1 Å². The van der Waals surface area contributed by atoms with Crippen LogP contribution >= 0.6 is 0 Å². The summed E-state index contributed by atoms with van der Waals surface area (Å²) in [4.78, 5) is 0. The lowest BCUT2D eigenvalue weighted by molar-refractivity contribution is -0.236. The zero-order valence-electron chi connectivity index (χ0n) is 14.9. The van der Waals surface area contributed by atoms with Crippen molar-refractivity contribution in [2.24, 2.45) is 23.7 Å². The Hall–Kier alpha value is -0.160. The van der Waals surface area contributed by atoms with E-state index in [4.69, 9.17) is 0 Å². The van der Waals surface area contributed by atoms with Crippen molar-refractivity contribution in [2.45, 2.75) is 101 Å². The van der Waals surface area contributed by atoms with Gasteiger partial charge in [-0.2, -0.15) is 0 Å². The summed E-state index contributed by atoms with van der Waals surface area (Å²) in [5.41, 5.74) is 0. The Morgan fingerprint density at radius 1 is 0.625 bits per heavy atom. The monoisotopic (exact) mass is 340 g/mol. The normalized spacial score (nSPS) is 44.5. The van der Waals surface area contributed by atoms with E-state index in [1.807, 2.05) is 0 Å². The molecule has 4 saturated carbocycles. The van der Waals surface area contributed by atoms with Crippen LogP contribution in [0.5, 0.6) is 0 Å². The van der Waals surface area contributed by atoms with Crippen LogP contribution in [0.2, 0.25) is 0 Å². The van der Waals surface area contributed by atoms with Gasteiger partial charge in [0.15, 0.2) is 5.79 Å². The molecule has 4 rings (SSSR count). The van der Waals surface area contributed by atoms with Gasteiger partial charge < -0.3 is 20.4 Å². The molecule has 0 amide bonds. The van der Waals surface area contributed by atoms with Crippen LogP contribution in [0.3, 0.4) is 0 Å². The molecule has 4 fully saturated rings. The summed E-state index contributed by atoms with van der Waals surface area (Å²) < 4.78 is 0. The van der Waals surface area contributed by atoms with Gasteiger partial charge in [-0.3, -0.25) is 0 Å². The van der Waals surface area contributed by atoms with Crippen LogP contribution in [0.1, 0.15) is 83.5 Å². The lowest BCUT2D eigenvalue weighted by Gasteiger charge is -2.43. The summed E-state index contributed by atoms with van der Waals surface area (Å²) in [6.45, 7) is 0. The van der Waals surface area contributed by atoms with Crippen molar-refractivity contribution in [3.8, 4) is 0 Å². The average Bonchev–Trinajstić information content (AvgIpc) is 2.59.